The Morgan fingerprint density at radius 2 is 1.72 bits per heavy atom. The number of anilines is 1. The number of aromatic nitrogens is 3. The number of ether oxygens (including phenoxy) is 1. The smallest absolute Gasteiger partial charge is 0.415 e. The van der Waals surface area contributed by atoms with Crippen molar-refractivity contribution in [2.45, 2.75) is 53.1 Å². The first-order chi connectivity index (χ1) is 13.7. The van der Waals surface area contributed by atoms with Crippen molar-refractivity contribution < 1.29 is 9.53 Å². The van der Waals surface area contributed by atoms with Crippen molar-refractivity contribution in [2.75, 3.05) is 11.9 Å². The van der Waals surface area contributed by atoms with Crippen LogP contribution in [0.15, 0.2) is 36.8 Å². The summed E-state index contributed by atoms with van der Waals surface area (Å²) in [5.41, 5.74) is 3.58. The molecule has 0 spiro atoms. The molecule has 3 rings (SSSR count). The van der Waals surface area contributed by atoms with Gasteiger partial charge in [-0.25, -0.2) is 9.78 Å². The first kappa shape index (κ1) is 20.7. The molecule has 0 bridgehead atoms. The maximum absolute atomic E-state index is 12.3. The van der Waals surface area contributed by atoms with E-state index in [0.717, 1.165) is 46.1 Å². The van der Waals surface area contributed by atoms with E-state index >= 15 is 0 Å². The molecule has 0 N–H and O–H groups in total. The van der Waals surface area contributed by atoms with Crippen molar-refractivity contribution in [2.24, 2.45) is 0 Å². The van der Waals surface area contributed by atoms with Gasteiger partial charge < -0.3 is 4.74 Å². The maximum atomic E-state index is 12.3. The lowest BCUT2D eigenvalue weighted by molar-refractivity contribution is 0.0588. The molecule has 3 heterocycles. The normalized spacial score (nSPS) is 11.5. The van der Waals surface area contributed by atoms with Gasteiger partial charge in [-0.1, -0.05) is 13.3 Å². The molecule has 0 atom stereocenters. The summed E-state index contributed by atoms with van der Waals surface area (Å²) in [5, 5.41) is 1.86. The molecule has 0 aliphatic rings. The van der Waals surface area contributed by atoms with Gasteiger partial charge in [0, 0.05) is 47.7 Å². The second kappa shape index (κ2) is 8.15. The highest BCUT2D eigenvalue weighted by Gasteiger charge is 2.21. The van der Waals surface area contributed by atoms with Gasteiger partial charge in [-0.3, -0.25) is 14.9 Å². The molecule has 0 saturated carbocycles. The predicted octanol–water partition coefficient (Wildman–Crippen LogP) is 5.32. The van der Waals surface area contributed by atoms with Crippen LogP contribution in [0.2, 0.25) is 0 Å². The summed E-state index contributed by atoms with van der Waals surface area (Å²) in [6, 6.07) is 5.97. The minimum absolute atomic E-state index is 0.442. The monoisotopic (exact) mass is 392 g/mol. The van der Waals surface area contributed by atoms with E-state index in [0.29, 0.717) is 5.82 Å². The van der Waals surface area contributed by atoms with Crippen molar-refractivity contribution in [3.05, 3.63) is 48.0 Å². The first-order valence-electron chi connectivity index (χ1n) is 9.86. The molecule has 152 valence electrons. The van der Waals surface area contributed by atoms with Gasteiger partial charge in [-0.2, -0.15) is 0 Å². The zero-order valence-corrected chi connectivity index (χ0v) is 18.0. The number of carbonyl (C=O) groups is 1. The minimum atomic E-state index is -0.558. The summed E-state index contributed by atoms with van der Waals surface area (Å²) in [6.07, 6.45) is 7.06. The number of aryl methyl sites for hydroxylation is 2. The van der Waals surface area contributed by atoms with Gasteiger partial charge in [-0.15, -0.1) is 0 Å². The first-order valence-corrected chi connectivity index (χ1v) is 9.86. The molecular formula is C23H28N4O2. The van der Waals surface area contributed by atoms with Gasteiger partial charge in [0.1, 0.15) is 11.4 Å². The van der Waals surface area contributed by atoms with E-state index in [-0.39, 0.29) is 0 Å². The number of hydrogen-bond donors (Lipinski definition) is 0. The van der Waals surface area contributed by atoms with Crippen LogP contribution >= 0.6 is 0 Å². The molecule has 3 aromatic heterocycles. The quantitative estimate of drug-likeness (QED) is 0.601. The molecule has 0 aromatic carbocycles. The fourth-order valence-corrected chi connectivity index (χ4v) is 3.06. The second-order valence-corrected chi connectivity index (χ2v) is 8.24. The van der Waals surface area contributed by atoms with Gasteiger partial charge >= 0.3 is 6.09 Å². The molecule has 6 nitrogen and oxygen atoms in total. The molecule has 0 unspecified atom stereocenters. The van der Waals surface area contributed by atoms with E-state index in [1.807, 2.05) is 39.1 Å². The van der Waals surface area contributed by atoms with E-state index in [9.17, 15) is 4.79 Å². The highest BCUT2D eigenvalue weighted by atomic mass is 16.6. The number of rotatable bonds is 4. The molecule has 3 aromatic rings. The largest absolute Gasteiger partial charge is 0.443 e. The van der Waals surface area contributed by atoms with E-state index in [1.54, 1.807) is 19.4 Å². The van der Waals surface area contributed by atoms with Gasteiger partial charge in [0.05, 0.1) is 5.69 Å². The molecular weight excluding hydrogens is 364 g/mol. The summed E-state index contributed by atoms with van der Waals surface area (Å²) >= 11 is 0. The molecule has 0 fully saturated rings. The van der Waals surface area contributed by atoms with Crippen molar-refractivity contribution in [1.82, 2.24) is 15.0 Å². The van der Waals surface area contributed by atoms with Crippen LogP contribution in [0.3, 0.4) is 0 Å². The second-order valence-electron chi connectivity index (χ2n) is 8.24. The Labute approximate surface area is 172 Å². The topological polar surface area (TPSA) is 68.2 Å². The van der Waals surface area contributed by atoms with E-state index in [4.69, 9.17) is 4.74 Å². The summed E-state index contributed by atoms with van der Waals surface area (Å²) in [5.74, 6) is 0.517. The van der Waals surface area contributed by atoms with E-state index in [1.165, 1.54) is 4.90 Å². The Kier molecular flexibility index (Phi) is 5.82. The Balaban J connectivity index is 1.89. The van der Waals surface area contributed by atoms with Gasteiger partial charge in [-0.05, 0) is 57.9 Å². The highest BCUT2D eigenvalue weighted by Crippen LogP contribution is 2.26. The average Bonchev–Trinajstić information content (AvgIpc) is 2.65. The molecule has 1 amide bonds. The number of carbonyl (C=O) groups excluding carboxylic acids is 1. The third-order valence-corrected chi connectivity index (χ3v) is 4.55. The number of amides is 1. The average molecular weight is 393 g/mol. The van der Waals surface area contributed by atoms with Crippen molar-refractivity contribution in [3.63, 3.8) is 0 Å². The van der Waals surface area contributed by atoms with Crippen LogP contribution in [0.5, 0.6) is 0 Å². The minimum Gasteiger partial charge on any atom is -0.443 e. The number of nitrogens with zero attached hydrogens (tertiary/aromatic N) is 4. The number of fused-ring (bicyclic) bond motifs is 1. The lowest BCUT2D eigenvalue weighted by atomic mass is 10.0. The van der Waals surface area contributed by atoms with Crippen LogP contribution in [0.4, 0.5) is 10.6 Å². The summed E-state index contributed by atoms with van der Waals surface area (Å²) in [4.78, 5) is 27.3. The fourth-order valence-electron chi connectivity index (χ4n) is 3.06. The van der Waals surface area contributed by atoms with E-state index in [2.05, 4.69) is 34.9 Å². The summed E-state index contributed by atoms with van der Waals surface area (Å²) in [6.45, 7) is 9.74. The zero-order valence-electron chi connectivity index (χ0n) is 18.0. The molecule has 0 radical (unpaired) electrons. The van der Waals surface area contributed by atoms with Crippen molar-refractivity contribution in [3.8, 4) is 11.3 Å². The SMILES string of the molecule is CCCc1cc(C)c(-c2cc3cnc(N(C)C(=O)OC(C)(C)C)cc3cn2)cn1. The fraction of sp³-hybridized carbons (Fsp3) is 0.391. The summed E-state index contributed by atoms with van der Waals surface area (Å²) in [7, 11) is 1.65. The maximum Gasteiger partial charge on any atom is 0.415 e. The number of pyridine rings is 3. The Hall–Kier alpha value is -3.02. The molecule has 0 aliphatic carbocycles. The Bertz CT molecular complexity index is 1040. The van der Waals surface area contributed by atoms with Gasteiger partial charge in [0.15, 0.2) is 0 Å². The Morgan fingerprint density at radius 3 is 2.38 bits per heavy atom. The van der Waals surface area contributed by atoms with Crippen molar-refractivity contribution in [1.29, 1.82) is 0 Å². The zero-order chi connectivity index (χ0) is 21.2. The lowest BCUT2D eigenvalue weighted by Gasteiger charge is -2.24. The van der Waals surface area contributed by atoms with Crippen LogP contribution < -0.4 is 4.90 Å². The van der Waals surface area contributed by atoms with Gasteiger partial charge in [0.2, 0.25) is 0 Å². The van der Waals surface area contributed by atoms with Crippen LogP contribution in [-0.2, 0) is 11.2 Å². The van der Waals surface area contributed by atoms with Crippen LogP contribution in [0, 0.1) is 6.92 Å². The standard InChI is InChI=1S/C23H28N4O2/c1-7-8-18-9-15(2)19(14-24-18)20-10-16-13-26-21(11-17(16)12-25-20)27(6)22(28)29-23(3,4)5/h9-14H,7-8H2,1-6H3. The predicted molar refractivity (Wildman–Crippen MR) is 116 cm³/mol. The number of hydrogen-bond acceptors (Lipinski definition) is 5. The molecule has 29 heavy (non-hydrogen) atoms. The Morgan fingerprint density at radius 1 is 1.03 bits per heavy atom. The molecule has 0 saturated heterocycles. The van der Waals surface area contributed by atoms with Crippen LogP contribution in [-0.4, -0.2) is 33.7 Å². The third kappa shape index (κ3) is 4.88. The van der Waals surface area contributed by atoms with Gasteiger partial charge in [0.25, 0.3) is 0 Å². The van der Waals surface area contributed by atoms with Crippen molar-refractivity contribution >= 4 is 22.7 Å². The third-order valence-electron chi connectivity index (χ3n) is 4.55. The highest BCUT2D eigenvalue weighted by molar-refractivity contribution is 5.91. The molecule has 0 aliphatic heterocycles. The molecule has 6 heteroatoms. The van der Waals surface area contributed by atoms with Crippen LogP contribution in [0.25, 0.3) is 22.0 Å². The summed E-state index contributed by atoms with van der Waals surface area (Å²) < 4.78 is 5.41. The lowest BCUT2D eigenvalue weighted by Crippen LogP contribution is -2.34. The van der Waals surface area contributed by atoms with Crippen LogP contribution in [0.1, 0.15) is 45.4 Å². The van der Waals surface area contributed by atoms with E-state index < -0.39 is 11.7 Å².